The Bertz CT molecular complexity index is 1420. The highest BCUT2D eigenvalue weighted by Gasteiger charge is 2.33. The molecule has 0 radical (unpaired) electrons. The number of benzene rings is 1. The van der Waals surface area contributed by atoms with E-state index in [1.807, 2.05) is 19.1 Å². The Balaban J connectivity index is 1.77. The summed E-state index contributed by atoms with van der Waals surface area (Å²) in [4.78, 5) is 40.3. The minimum absolute atomic E-state index is 0.128. The second kappa shape index (κ2) is 10.5. The minimum Gasteiger partial charge on any atom is -0.481 e. The lowest BCUT2D eigenvalue weighted by Crippen LogP contribution is -2.47. The number of fused-ring (bicyclic) bond motifs is 1. The molecule has 1 fully saturated rings. The Labute approximate surface area is 216 Å². The van der Waals surface area contributed by atoms with Crippen LogP contribution in [0.4, 0.5) is 13.2 Å². The number of nitrogens with one attached hydrogen (secondary N) is 1. The number of aliphatic hydroxyl groups excluding tert-OH is 1. The van der Waals surface area contributed by atoms with Crippen LogP contribution in [0.25, 0.3) is 16.6 Å². The second-order valence-corrected chi connectivity index (χ2v) is 9.45. The van der Waals surface area contributed by atoms with Crippen molar-refractivity contribution >= 4 is 22.7 Å². The van der Waals surface area contributed by atoms with Gasteiger partial charge in [-0.2, -0.15) is 13.2 Å². The van der Waals surface area contributed by atoms with E-state index in [-0.39, 0.29) is 22.6 Å². The van der Waals surface area contributed by atoms with Gasteiger partial charge in [-0.25, -0.2) is 0 Å². The van der Waals surface area contributed by atoms with Crippen LogP contribution in [0.2, 0.25) is 0 Å². The number of pyridine rings is 1. The van der Waals surface area contributed by atoms with Gasteiger partial charge in [-0.15, -0.1) is 0 Å². The number of amides is 2. The zero-order chi connectivity index (χ0) is 27.8. The Morgan fingerprint density at radius 3 is 2.34 bits per heavy atom. The van der Waals surface area contributed by atoms with E-state index in [0.717, 1.165) is 5.56 Å². The summed E-state index contributed by atoms with van der Waals surface area (Å²) < 4.78 is 47.4. The normalized spacial score (nSPS) is 14.7. The molecule has 1 saturated heterocycles. The number of nitrogens with zero attached hydrogens (tertiary/aromatic N) is 3. The standard InChI is InChI=1S/C26H29F3N4O5/c1-15-4-6-18(7-5-15)33-16(2)12-19-21(25(33)37)23(38-14-26(27,28)29)22(31(19)3)24(36)30-17-8-10-32(11-9-17)20(35)13-34/h4-7,12,17,34H,8-11,13-14H2,1-3H3,(H,30,36). The molecule has 4 rings (SSSR count). The highest BCUT2D eigenvalue weighted by atomic mass is 19.4. The first-order valence-electron chi connectivity index (χ1n) is 12.1. The van der Waals surface area contributed by atoms with Crippen LogP contribution in [0.1, 0.15) is 34.6 Å². The number of carbonyl (C=O) groups is 2. The molecule has 204 valence electrons. The number of halogens is 3. The average molecular weight is 535 g/mol. The predicted molar refractivity (Wildman–Crippen MR) is 134 cm³/mol. The molecule has 3 heterocycles. The number of carbonyl (C=O) groups excluding carboxylic acids is 2. The maximum atomic E-state index is 13.7. The molecule has 0 unspecified atom stereocenters. The monoisotopic (exact) mass is 534 g/mol. The highest BCUT2D eigenvalue weighted by Crippen LogP contribution is 2.33. The molecule has 3 aromatic rings. The number of likely N-dealkylation sites (tertiary alicyclic amines) is 1. The first-order valence-corrected chi connectivity index (χ1v) is 12.1. The van der Waals surface area contributed by atoms with Gasteiger partial charge in [-0.05, 0) is 44.9 Å². The average Bonchev–Trinajstić information content (AvgIpc) is 3.15. The van der Waals surface area contributed by atoms with E-state index in [9.17, 15) is 27.6 Å². The molecule has 38 heavy (non-hydrogen) atoms. The summed E-state index contributed by atoms with van der Waals surface area (Å²) in [5.74, 6) is -1.53. The summed E-state index contributed by atoms with van der Waals surface area (Å²) in [6.45, 7) is 1.94. The third-order valence-corrected chi connectivity index (χ3v) is 6.72. The molecule has 1 aliphatic rings. The molecule has 2 N–H and O–H groups in total. The molecule has 0 atom stereocenters. The van der Waals surface area contributed by atoms with Gasteiger partial charge >= 0.3 is 6.18 Å². The van der Waals surface area contributed by atoms with E-state index in [1.54, 1.807) is 25.1 Å². The first kappa shape index (κ1) is 27.2. The van der Waals surface area contributed by atoms with Crippen LogP contribution >= 0.6 is 0 Å². The third kappa shape index (κ3) is 5.40. The smallest absolute Gasteiger partial charge is 0.422 e. The molecule has 0 aliphatic carbocycles. The summed E-state index contributed by atoms with van der Waals surface area (Å²) in [6.07, 6.45) is -3.89. The van der Waals surface area contributed by atoms with Crippen molar-refractivity contribution in [2.45, 2.75) is 38.9 Å². The van der Waals surface area contributed by atoms with Gasteiger partial charge in [0.1, 0.15) is 12.0 Å². The van der Waals surface area contributed by atoms with E-state index >= 15 is 0 Å². The first-order chi connectivity index (χ1) is 17.9. The SMILES string of the molecule is Cc1ccc(-n2c(C)cc3c(c(OCC(F)(F)F)c(C(=O)NC4CCN(C(=O)CO)CC4)n3C)c2=O)cc1. The maximum Gasteiger partial charge on any atom is 0.422 e. The van der Waals surface area contributed by atoms with Crippen LogP contribution in [0, 0.1) is 13.8 Å². The molecule has 9 nitrogen and oxygen atoms in total. The van der Waals surface area contributed by atoms with Crippen molar-refractivity contribution in [1.29, 1.82) is 0 Å². The number of aliphatic hydroxyl groups is 1. The van der Waals surface area contributed by atoms with Gasteiger partial charge in [0.2, 0.25) is 5.91 Å². The number of alkyl halides is 3. The largest absolute Gasteiger partial charge is 0.481 e. The fourth-order valence-electron chi connectivity index (χ4n) is 4.78. The molecule has 2 amide bonds. The molecule has 1 aromatic carbocycles. The van der Waals surface area contributed by atoms with Crippen LogP contribution < -0.4 is 15.6 Å². The number of hydrogen-bond donors (Lipinski definition) is 2. The van der Waals surface area contributed by atoms with Gasteiger partial charge in [-0.3, -0.25) is 19.0 Å². The molecule has 1 aliphatic heterocycles. The van der Waals surface area contributed by atoms with E-state index < -0.39 is 42.5 Å². The van der Waals surface area contributed by atoms with E-state index in [0.29, 0.717) is 37.3 Å². The summed E-state index contributed by atoms with van der Waals surface area (Å²) in [5, 5.41) is 11.7. The van der Waals surface area contributed by atoms with Crippen molar-refractivity contribution < 1.29 is 32.6 Å². The number of aromatic nitrogens is 2. The summed E-state index contributed by atoms with van der Waals surface area (Å²) in [7, 11) is 1.50. The van der Waals surface area contributed by atoms with Crippen molar-refractivity contribution in [3.8, 4) is 11.4 Å². The van der Waals surface area contributed by atoms with Crippen molar-refractivity contribution in [1.82, 2.24) is 19.4 Å². The van der Waals surface area contributed by atoms with Crippen LogP contribution in [0.15, 0.2) is 35.1 Å². The Kier molecular flexibility index (Phi) is 7.54. The second-order valence-electron chi connectivity index (χ2n) is 9.45. The zero-order valence-electron chi connectivity index (χ0n) is 21.3. The lowest BCUT2D eigenvalue weighted by Gasteiger charge is -2.32. The number of aryl methyl sites for hydroxylation is 3. The van der Waals surface area contributed by atoms with E-state index in [2.05, 4.69) is 5.32 Å². The zero-order valence-corrected chi connectivity index (χ0v) is 21.3. The van der Waals surface area contributed by atoms with Gasteiger partial charge in [-0.1, -0.05) is 17.7 Å². The number of rotatable bonds is 6. The van der Waals surface area contributed by atoms with Crippen molar-refractivity contribution in [2.24, 2.45) is 7.05 Å². The van der Waals surface area contributed by atoms with Gasteiger partial charge in [0.25, 0.3) is 11.5 Å². The molecular formula is C26H29F3N4O5. The summed E-state index contributed by atoms with van der Waals surface area (Å²) in [5.41, 5.74) is 1.49. The van der Waals surface area contributed by atoms with Crippen molar-refractivity contribution in [3.63, 3.8) is 0 Å². The molecule has 0 spiro atoms. The third-order valence-electron chi connectivity index (χ3n) is 6.72. The van der Waals surface area contributed by atoms with E-state index in [1.165, 1.54) is 21.1 Å². The van der Waals surface area contributed by atoms with Crippen LogP contribution in [0.5, 0.6) is 5.75 Å². The van der Waals surface area contributed by atoms with Crippen LogP contribution in [0.3, 0.4) is 0 Å². The van der Waals surface area contributed by atoms with Gasteiger partial charge in [0, 0.05) is 37.6 Å². The molecule has 0 bridgehead atoms. The highest BCUT2D eigenvalue weighted by molar-refractivity contribution is 6.04. The van der Waals surface area contributed by atoms with Crippen LogP contribution in [-0.2, 0) is 11.8 Å². The van der Waals surface area contributed by atoms with Crippen molar-refractivity contribution in [3.05, 3.63) is 57.6 Å². The lowest BCUT2D eigenvalue weighted by atomic mass is 10.0. The van der Waals surface area contributed by atoms with Crippen LogP contribution in [-0.4, -0.2) is 69.5 Å². The fraction of sp³-hybridized carbons (Fsp3) is 0.423. The number of ether oxygens (including phenoxy) is 1. The Morgan fingerprint density at radius 1 is 1.13 bits per heavy atom. The van der Waals surface area contributed by atoms with E-state index in [4.69, 9.17) is 9.84 Å². The molecule has 12 heteroatoms. The Hall–Kier alpha value is -3.80. The lowest BCUT2D eigenvalue weighted by molar-refractivity contribution is -0.153. The number of hydrogen-bond acceptors (Lipinski definition) is 5. The summed E-state index contributed by atoms with van der Waals surface area (Å²) in [6, 6.07) is 8.37. The molecule has 0 saturated carbocycles. The quantitative estimate of drug-likeness (QED) is 0.506. The van der Waals surface area contributed by atoms with Gasteiger partial charge in [0.15, 0.2) is 18.1 Å². The van der Waals surface area contributed by atoms with Gasteiger partial charge < -0.3 is 24.6 Å². The topological polar surface area (TPSA) is 106 Å². The number of piperidine rings is 1. The minimum atomic E-state index is -4.69. The van der Waals surface area contributed by atoms with Gasteiger partial charge in [0.05, 0.1) is 5.52 Å². The van der Waals surface area contributed by atoms with Crippen molar-refractivity contribution in [2.75, 3.05) is 26.3 Å². The fourth-order valence-corrected chi connectivity index (χ4v) is 4.78. The Morgan fingerprint density at radius 2 is 1.76 bits per heavy atom. The molecule has 2 aromatic heterocycles. The maximum absolute atomic E-state index is 13.7. The molecular weight excluding hydrogens is 505 g/mol. The summed E-state index contributed by atoms with van der Waals surface area (Å²) >= 11 is 0. The predicted octanol–water partition coefficient (Wildman–Crippen LogP) is 2.60.